The minimum atomic E-state index is 0.0452. The standard InChI is InChI=1S/C17H29N3O2/c1-19(11-16(21)18-15-6-7-15)12-17(22)20-9-8-13-4-2-3-5-14(13)10-20/h13-15H,2-12H2,1H3,(H,18,21)/t13-,14+/m0/s1. The van der Waals surface area contributed by atoms with E-state index in [-0.39, 0.29) is 11.8 Å². The molecule has 22 heavy (non-hydrogen) atoms. The summed E-state index contributed by atoms with van der Waals surface area (Å²) in [5.41, 5.74) is 0. The SMILES string of the molecule is CN(CC(=O)NC1CC1)CC(=O)N1CC[C@@H]2CCCC[C@@H]2C1. The van der Waals surface area contributed by atoms with E-state index in [2.05, 4.69) is 5.32 Å². The molecule has 5 nitrogen and oxygen atoms in total. The summed E-state index contributed by atoms with van der Waals surface area (Å²) in [5, 5.41) is 2.97. The molecule has 1 N–H and O–H groups in total. The lowest BCUT2D eigenvalue weighted by Crippen LogP contribution is -2.48. The smallest absolute Gasteiger partial charge is 0.236 e. The van der Waals surface area contributed by atoms with Crippen molar-refractivity contribution in [1.29, 1.82) is 0 Å². The maximum Gasteiger partial charge on any atom is 0.236 e. The molecule has 1 saturated heterocycles. The van der Waals surface area contributed by atoms with Gasteiger partial charge in [0.15, 0.2) is 0 Å². The van der Waals surface area contributed by atoms with Crippen LogP contribution in [0.3, 0.4) is 0 Å². The van der Waals surface area contributed by atoms with E-state index in [1.54, 1.807) is 0 Å². The largest absolute Gasteiger partial charge is 0.352 e. The molecule has 2 amide bonds. The first-order chi connectivity index (χ1) is 10.6. The molecule has 0 radical (unpaired) electrons. The van der Waals surface area contributed by atoms with E-state index in [1.807, 2.05) is 16.8 Å². The van der Waals surface area contributed by atoms with Crippen LogP contribution in [0.15, 0.2) is 0 Å². The molecule has 0 aromatic rings. The third-order valence-corrected chi connectivity index (χ3v) is 5.41. The predicted octanol–water partition coefficient (Wildman–Crippen LogP) is 1.24. The number of nitrogens with one attached hydrogen (secondary N) is 1. The van der Waals surface area contributed by atoms with E-state index in [9.17, 15) is 9.59 Å². The molecule has 3 fully saturated rings. The fourth-order valence-electron chi connectivity index (χ4n) is 3.96. The molecule has 1 aliphatic heterocycles. The molecule has 2 atom stereocenters. The van der Waals surface area contributed by atoms with Gasteiger partial charge in [0.2, 0.25) is 11.8 Å². The van der Waals surface area contributed by atoms with Gasteiger partial charge in [0, 0.05) is 19.1 Å². The molecule has 3 rings (SSSR count). The zero-order valence-electron chi connectivity index (χ0n) is 13.7. The third-order valence-electron chi connectivity index (χ3n) is 5.41. The van der Waals surface area contributed by atoms with Crippen LogP contribution in [0, 0.1) is 11.8 Å². The highest BCUT2D eigenvalue weighted by Crippen LogP contribution is 2.36. The highest BCUT2D eigenvalue weighted by atomic mass is 16.2. The summed E-state index contributed by atoms with van der Waals surface area (Å²) in [6.45, 7) is 2.52. The van der Waals surface area contributed by atoms with Crippen LogP contribution in [0.2, 0.25) is 0 Å². The van der Waals surface area contributed by atoms with Crippen LogP contribution in [0.5, 0.6) is 0 Å². The first-order valence-electron chi connectivity index (χ1n) is 8.87. The fraction of sp³-hybridized carbons (Fsp3) is 0.882. The first kappa shape index (κ1) is 15.8. The van der Waals surface area contributed by atoms with E-state index in [4.69, 9.17) is 0 Å². The number of amides is 2. The number of fused-ring (bicyclic) bond motifs is 1. The van der Waals surface area contributed by atoms with Crippen molar-refractivity contribution in [2.24, 2.45) is 11.8 Å². The number of rotatable bonds is 5. The molecule has 1 heterocycles. The van der Waals surface area contributed by atoms with Crippen LogP contribution in [-0.2, 0) is 9.59 Å². The maximum atomic E-state index is 12.5. The zero-order chi connectivity index (χ0) is 15.5. The average Bonchev–Trinajstić information content (AvgIpc) is 3.30. The summed E-state index contributed by atoms with van der Waals surface area (Å²) in [5.74, 6) is 1.80. The lowest BCUT2D eigenvalue weighted by atomic mass is 9.75. The van der Waals surface area contributed by atoms with E-state index in [1.165, 1.54) is 32.1 Å². The molecular weight excluding hydrogens is 278 g/mol. The number of hydrogen-bond donors (Lipinski definition) is 1. The number of likely N-dealkylation sites (tertiary alicyclic amines) is 1. The van der Waals surface area contributed by atoms with Crippen molar-refractivity contribution in [2.75, 3.05) is 33.2 Å². The van der Waals surface area contributed by atoms with Gasteiger partial charge in [-0.3, -0.25) is 14.5 Å². The summed E-state index contributed by atoms with van der Waals surface area (Å²) in [4.78, 5) is 28.1. The number of carbonyl (C=O) groups is 2. The fourth-order valence-corrected chi connectivity index (χ4v) is 3.96. The Morgan fingerprint density at radius 1 is 1.05 bits per heavy atom. The van der Waals surface area contributed by atoms with Crippen molar-refractivity contribution in [1.82, 2.24) is 15.1 Å². The quantitative estimate of drug-likeness (QED) is 0.831. The zero-order valence-corrected chi connectivity index (χ0v) is 13.7. The van der Waals surface area contributed by atoms with Crippen molar-refractivity contribution < 1.29 is 9.59 Å². The van der Waals surface area contributed by atoms with Crippen LogP contribution in [0.1, 0.15) is 44.9 Å². The minimum absolute atomic E-state index is 0.0452. The molecule has 2 saturated carbocycles. The lowest BCUT2D eigenvalue weighted by molar-refractivity contribution is -0.135. The van der Waals surface area contributed by atoms with Gasteiger partial charge in [-0.1, -0.05) is 19.3 Å². The Morgan fingerprint density at radius 2 is 1.77 bits per heavy atom. The number of piperidine rings is 1. The van der Waals surface area contributed by atoms with Gasteiger partial charge in [-0.2, -0.15) is 0 Å². The summed E-state index contributed by atoms with van der Waals surface area (Å²) in [6, 6.07) is 0.391. The predicted molar refractivity (Wildman–Crippen MR) is 85.3 cm³/mol. The summed E-state index contributed by atoms with van der Waals surface area (Å²) < 4.78 is 0. The van der Waals surface area contributed by atoms with Crippen molar-refractivity contribution in [3.8, 4) is 0 Å². The van der Waals surface area contributed by atoms with E-state index in [0.29, 0.717) is 19.1 Å². The molecule has 5 heteroatoms. The monoisotopic (exact) mass is 307 g/mol. The molecule has 124 valence electrons. The molecule has 0 bridgehead atoms. The van der Waals surface area contributed by atoms with Crippen molar-refractivity contribution in [3.63, 3.8) is 0 Å². The Balaban J connectivity index is 1.41. The summed E-state index contributed by atoms with van der Waals surface area (Å²) >= 11 is 0. The van der Waals surface area contributed by atoms with E-state index >= 15 is 0 Å². The molecule has 0 spiro atoms. The summed E-state index contributed by atoms with van der Waals surface area (Å²) in [7, 11) is 1.86. The Bertz CT molecular complexity index is 422. The minimum Gasteiger partial charge on any atom is -0.352 e. The Kier molecular flexibility index (Phi) is 5.01. The van der Waals surface area contributed by atoms with Gasteiger partial charge in [-0.25, -0.2) is 0 Å². The van der Waals surface area contributed by atoms with Gasteiger partial charge in [0.25, 0.3) is 0 Å². The Labute approximate surface area is 133 Å². The number of hydrogen-bond acceptors (Lipinski definition) is 3. The third kappa shape index (κ3) is 4.22. The van der Waals surface area contributed by atoms with Crippen LogP contribution in [0.4, 0.5) is 0 Å². The van der Waals surface area contributed by atoms with Crippen LogP contribution >= 0.6 is 0 Å². The van der Waals surface area contributed by atoms with E-state index in [0.717, 1.165) is 37.8 Å². The second kappa shape index (κ2) is 6.99. The van der Waals surface area contributed by atoms with Crippen molar-refractivity contribution >= 4 is 11.8 Å². The van der Waals surface area contributed by atoms with Crippen LogP contribution < -0.4 is 5.32 Å². The lowest BCUT2D eigenvalue weighted by Gasteiger charge is -2.41. The normalized spacial score (nSPS) is 28.4. The molecule has 2 aliphatic carbocycles. The van der Waals surface area contributed by atoms with Crippen LogP contribution in [-0.4, -0.2) is 60.9 Å². The van der Waals surface area contributed by atoms with Gasteiger partial charge in [-0.15, -0.1) is 0 Å². The highest BCUT2D eigenvalue weighted by molar-refractivity contribution is 5.81. The van der Waals surface area contributed by atoms with Gasteiger partial charge in [-0.05, 0) is 44.6 Å². The maximum absolute atomic E-state index is 12.5. The highest BCUT2D eigenvalue weighted by Gasteiger charge is 2.33. The topological polar surface area (TPSA) is 52.7 Å². The van der Waals surface area contributed by atoms with Gasteiger partial charge in [0.1, 0.15) is 0 Å². The molecule has 0 aromatic heterocycles. The molecule has 0 unspecified atom stereocenters. The molecule has 0 aromatic carbocycles. The van der Waals surface area contributed by atoms with E-state index < -0.39 is 0 Å². The Morgan fingerprint density at radius 3 is 2.50 bits per heavy atom. The second-order valence-electron chi connectivity index (χ2n) is 7.45. The van der Waals surface area contributed by atoms with Gasteiger partial charge in [0.05, 0.1) is 13.1 Å². The Hall–Kier alpha value is -1.10. The molecule has 3 aliphatic rings. The second-order valence-corrected chi connectivity index (χ2v) is 7.45. The number of carbonyl (C=O) groups excluding carboxylic acids is 2. The van der Waals surface area contributed by atoms with Crippen LogP contribution in [0.25, 0.3) is 0 Å². The van der Waals surface area contributed by atoms with Crippen molar-refractivity contribution in [3.05, 3.63) is 0 Å². The van der Waals surface area contributed by atoms with Gasteiger partial charge < -0.3 is 10.2 Å². The average molecular weight is 307 g/mol. The van der Waals surface area contributed by atoms with Gasteiger partial charge >= 0.3 is 0 Å². The summed E-state index contributed by atoms with van der Waals surface area (Å²) in [6.07, 6.45) is 8.71. The first-order valence-corrected chi connectivity index (χ1v) is 8.87. The molecular formula is C17H29N3O2. The number of likely N-dealkylation sites (N-methyl/N-ethyl adjacent to an activating group) is 1. The van der Waals surface area contributed by atoms with Crippen molar-refractivity contribution in [2.45, 2.75) is 51.0 Å². The number of nitrogens with zero attached hydrogens (tertiary/aromatic N) is 2.